The predicted molar refractivity (Wildman–Crippen MR) is 558 cm³/mol. The summed E-state index contributed by atoms with van der Waals surface area (Å²) in [5.74, 6) is 12.8. The molecule has 0 unspecified atom stereocenters. The Bertz CT molecular complexity index is 6320. The highest BCUT2D eigenvalue weighted by atomic mass is 35.5. The lowest BCUT2D eigenvalue weighted by Crippen LogP contribution is -2.15. The molecule has 145 heavy (non-hydrogen) atoms. The van der Waals surface area contributed by atoms with Crippen molar-refractivity contribution in [3.05, 3.63) is 220 Å². The smallest absolute Gasteiger partial charge is 0.243 e. The summed E-state index contributed by atoms with van der Waals surface area (Å²) in [5, 5.41) is 85.6. The van der Waals surface area contributed by atoms with E-state index in [4.69, 9.17) is 92.4 Å². The Balaban J connectivity index is 0.000000180. The van der Waals surface area contributed by atoms with E-state index in [0.717, 1.165) is 117 Å². The van der Waals surface area contributed by atoms with Crippen molar-refractivity contribution in [3.8, 4) is 23.0 Å². The number of nitrogen functional groups attached to an aromatic ring is 10. The molecule has 56 nitrogen and oxygen atoms in total. The maximum absolute atomic E-state index is 9.30. The fraction of sp³-hybridized carbons (Fsp3) is 0.295. The first-order chi connectivity index (χ1) is 69.8. The number of aromatic amines is 6. The monoisotopic (exact) mass is 2010 g/mol. The zero-order chi connectivity index (χ0) is 104. The van der Waals surface area contributed by atoms with Crippen molar-refractivity contribution in [2.45, 2.75) is 106 Å². The van der Waals surface area contributed by atoms with Crippen molar-refractivity contribution in [3.63, 3.8) is 0 Å². The van der Waals surface area contributed by atoms with Crippen LogP contribution >= 0.6 is 11.6 Å². The van der Waals surface area contributed by atoms with E-state index in [0.29, 0.717) is 144 Å². The third kappa shape index (κ3) is 43.7. The number of ether oxygens (including phenoxy) is 2. The number of hydrogen-bond acceptors (Lipinski definition) is 50. The van der Waals surface area contributed by atoms with E-state index in [-0.39, 0.29) is 47.2 Å². The zero-order valence-corrected chi connectivity index (χ0v) is 82.0. The number of rotatable bonds is 33. The SMILES string of the molecule is CC(C)Nc1n[nH]c(Nc2ccc(Cl)cc2)n1.CCCCNc1nc(C)nc(N)n1.Cc1nc(N)nc(N(C)C)n1.Cc1nc(N)nc(N)n1.Cc1nc(N)nc(NCCc2ccccc2)n1.Nc1nc(NCCc2ccc(O)c(O)c2)n[nH]1.Nc1nc(NCCc2ccc3c(c2)OCO3)n[nH]1.Nc1nc(NCCc2ccccc2)n[nH]1.Nc1nc(NCCc2ccco2)n[nH]1.Nc1nc(NCCc2ccoc2)n[nH]1. The molecule has 0 aliphatic carbocycles. The number of nitrogens with two attached hydrogens (primary N) is 10. The first kappa shape index (κ1) is 110. The van der Waals surface area contributed by atoms with Gasteiger partial charge in [0.1, 0.15) is 29.1 Å². The van der Waals surface area contributed by atoms with Crippen molar-refractivity contribution in [1.82, 2.24) is 151 Å². The van der Waals surface area contributed by atoms with Crippen LogP contribution in [0.3, 0.4) is 0 Å². The third-order valence-electron chi connectivity index (χ3n) is 18.3. The molecule has 0 radical (unpaired) electrons. The number of aromatic nitrogens is 30. The van der Waals surface area contributed by atoms with Crippen LogP contribution in [0.1, 0.15) is 90.5 Å². The number of nitrogens with one attached hydrogen (secondary N) is 15. The van der Waals surface area contributed by atoms with Crippen molar-refractivity contribution < 1.29 is 28.5 Å². The van der Waals surface area contributed by atoms with Crippen molar-refractivity contribution in [2.24, 2.45) is 0 Å². The summed E-state index contributed by atoms with van der Waals surface area (Å²) in [6.45, 7) is 18.8. The molecule has 0 amide bonds. The first-order valence-corrected chi connectivity index (χ1v) is 45.4. The number of aromatic hydroxyl groups is 2. The maximum atomic E-state index is 9.30. The molecule has 0 spiro atoms. The number of hydrogen-bond donors (Lipinski definition) is 27. The number of unbranched alkanes of at least 4 members (excludes halogenated alkanes) is 1. The molecule has 5 aromatic carbocycles. The number of nitrogens with zero attached hydrogens (tertiary/aromatic N) is 25. The number of phenols is 2. The van der Waals surface area contributed by atoms with Gasteiger partial charge >= 0.3 is 0 Å². The van der Waals surface area contributed by atoms with Crippen LogP contribution in [0, 0.1) is 27.7 Å². The summed E-state index contributed by atoms with van der Waals surface area (Å²) < 4.78 is 20.7. The van der Waals surface area contributed by atoms with Gasteiger partial charge in [-0.2, -0.15) is 89.7 Å². The van der Waals surface area contributed by atoms with Gasteiger partial charge in [0.25, 0.3) is 0 Å². The molecule has 768 valence electrons. The Morgan fingerprint density at radius 3 is 1.20 bits per heavy atom. The van der Waals surface area contributed by atoms with Gasteiger partial charge in [0.05, 0.1) is 18.8 Å². The van der Waals surface area contributed by atoms with Crippen LogP contribution in [-0.2, 0) is 38.5 Å². The molecule has 0 fully saturated rings. The Kier molecular flexibility index (Phi) is 44.9. The van der Waals surface area contributed by atoms with E-state index in [1.54, 1.807) is 57.5 Å². The number of H-pyrrole nitrogens is 6. The minimum Gasteiger partial charge on any atom is -0.504 e. The fourth-order valence-electron chi connectivity index (χ4n) is 11.7. The lowest BCUT2D eigenvalue weighted by atomic mass is 10.1. The third-order valence-corrected chi connectivity index (χ3v) is 18.5. The summed E-state index contributed by atoms with van der Waals surface area (Å²) in [6.07, 6.45) is 12.3. The summed E-state index contributed by atoms with van der Waals surface area (Å²) in [7, 11) is 3.71. The topological polar surface area (TPSA) is 861 Å². The molecule has 0 saturated heterocycles. The second-order valence-corrected chi connectivity index (χ2v) is 31.3. The van der Waals surface area contributed by atoms with Crippen molar-refractivity contribution >= 4 is 136 Å². The quantitative estimate of drug-likeness (QED) is 0.0136. The van der Waals surface area contributed by atoms with Gasteiger partial charge in [-0.05, 0) is 175 Å². The van der Waals surface area contributed by atoms with Gasteiger partial charge < -0.3 is 139 Å². The molecule has 1 aliphatic rings. The maximum Gasteiger partial charge on any atom is 0.243 e. The van der Waals surface area contributed by atoms with Crippen LogP contribution < -0.4 is 120 Å². The van der Waals surface area contributed by atoms with Crippen LogP contribution in [0.15, 0.2) is 167 Å². The Morgan fingerprint density at radius 2 is 0.786 bits per heavy atom. The lowest BCUT2D eigenvalue weighted by molar-refractivity contribution is 0.174. The number of benzene rings is 5. The normalized spacial score (nSPS) is 10.5. The van der Waals surface area contributed by atoms with Gasteiger partial charge in [0.2, 0.25) is 126 Å². The molecule has 37 N–H and O–H groups in total. The number of phenolic OH excluding ortho intramolecular Hbond substituents is 2. The fourth-order valence-corrected chi connectivity index (χ4v) is 11.8. The van der Waals surface area contributed by atoms with Gasteiger partial charge in [-0.15, -0.1) is 30.6 Å². The van der Waals surface area contributed by atoms with Crippen LogP contribution in [0.5, 0.6) is 23.0 Å². The molecule has 0 atom stereocenters. The van der Waals surface area contributed by atoms with Gasteiger partial charge in [-0.3, -0.25) is 0 Å². The Hall–Kier alpha value is -19.0. The molecule has 0 saturated carbocycles. The van der Waals surface area contributed by atoms with E-state index in [9.17, 15) is 5.11 Å². The summed E-state index contributed by atoms with van der Waals surface area (Å²) in [4.78, 5) is 72.4. The highest BCUT2D eigenvalue weighted by Crippen LogP contribution is 2.33. The van der Waals surface area contributed by atoms with Gasteiger partial charge in [0.15, 0.2) is 23.0 Å². The molecular weight excluding hydrogens is 1890 g/mol. The molecule has 12 aromatic heterocycles. The second-order valence-electron chi connectivity index (χ2n) is 30.9. The van der Waals surface area contributed by atoms with Crippen molar-refractivity contribution in [1.29, 1.82) is 0 Å². The highest BCUT2D eigenvalue weighted by Gasteiger charge is 2.15. The van der Waals surface area contributed by atoms with Gasteiger partial charge in [-0.1, -0.05) is 97.7 Å². The summed E-state index contributed by atoms with van der Waals surface area (Å²) in [5.41, 5.74) is 60.4. The van der Waals surface area contributed by atoms with E-state index in [1.807, 2.05) is 125 Å². The first-order valence-electron chi connectivity index (χ1n) is 45.0. The van der Waals surface area contributed by atoms with Crippen molar-refractivity contribution in [2.75, 3.05) is 177 Å². The standard InChI is InChI=1S/C12H15N5.C11H14ClN5.C11H13N5O2.C10H13N5O2.C10H13N5.2C8H11N5O.C8H15N5.C6H11N5.C4H7N5/c1-9-15-11(13)17-12(16-9)14-8-7-10-5-3-2-4-6-10;1-7(2)13-10-15-11(17-16-10)14-9-5-3-8(12)4-6-9;12-10-14-11(16-15-10)13-4-3-7-1-2-8-9(5-7)18-6-17-8;11-9-13-10(15-14-9)12-4-3-6-1-2-7(16)8(17)5-6;11-9-13-10(15-14-9)12-7-6-8-4-2-1-3-5-8;9-7-11-8(13-12-7)10-3-1-6-2-4-14-5-6;9-7-11-8(13-12-7)10-4-3-6-2-1-5-14-6;1-3-4-5-10-8-12-6(2)11-7(9)13-8;1-4-8-5(7)10-6(9-4)11(2)3;1-2-7-3(5)9-4(6)8-2/h2-6H,7-8H2,1H3,(H3,13,14,15,16,17);3-7H,1-2H3,(H3,13,14,15,16,17);1-2,5H,3-4,6H2,(H4,12,13,14,15,16);1-2,5,16-17H,3-4H2,(H4,11,12,13,14,15);1-5H,6-7H2,(H4,11,12,13,14,15);2,4-5H,1,3H2,(H4,9,10,11,12,13);1-2,5H,3-4H2,(H4,9,10,11,12,13);3-5H2,1-2H3,(H3,9,10,11,12,13);1-3H3,(H2,7,8,9,10);1H3,(H4,5,6,7,8,9). The van der Waals surface area contributed by atoms with Crippen LogP contribution in [0.2, 0.25) is 5.02 Å². The van der Waals surface area contributed by atoms with E-state index < -0.39 is 0 Å². The van der Waals surface area contributed by atoms with Gasteiger partial charge in [0, 0.05) is 83.1 Å². The molecule has 1 aliphatic heterocycles. The minimum absolute atomic E-state index is 0.121. The second kappa shape index (κ2) is 59.3. The Morgan fingerprint density at radius 1 is 0.372 bits per heavy atom. The molecular formula is C88H123ClN50O6. The molecule has 0 bridgehead atoms. The Labute approximate surface area is 837 Å². The number of halogens is 1. The molecule has 18 rings (SSSR count). The molecule has 17 aromatic rings. The highest BCUT2D eigenvalue weighted by molar-refractivity contribution is 6.30. The van der Waals surface area contributed by atoms with E-state index in [1.165, 1.54) is 23.3 Å². The largest absolute Gasteiger partial charge is 0.504 e. The molecule has 13 heterocycles. The average Bonchev–Trinajstić information content (AvgIpc) is 1.70. The average molecular weight is 2010 g/mol. The van der Waals surface area contributed by atoms with E-state index >= 15 is 0 Å². The predicted octanol–water partition coefficient (Wildman–Crippen LogP) is 8.12. The van der Waals surface area contributed by atoms with Gasteiger partial charge in [-0.25, -0.2) is 30.6 Å². The minimum atomic E-state index is -0.122. The van der Waals surface area contributed by atoms with Crippen LogP contribution in [0.4, 0.5) is 125 Å². The summed E-state index contributed by atoms with van der Waals surface area (Å²) in [6, 6.07) is 44.5. The number of aryl methyl sites for hydroxylation is 4. The van der Waals surface area contributed by atoms with Crippen LogP contribution in [-0.4, -0.2) is 234 Å². The lowest BCUT2D eigenvalue weighted by Gasteiger charge is -2.09. The van der Waals surface area contributed by atoms with E-state index in [2.05, 4.69) is 230 Å². The zero-order valence-electron chi connectivity index (χ0n) is 81.3. The number of fused-ring (bicyclic) bond motifs is 1. The number of furan rings is 2. The summed E-state index contributed by atoms with van der Waals surface area (Å²) >= 11 is 5.80. The van der Waals surface area contributed by atoms with Crippen LogP contribution in [0.25, 0.3) is 0 Å². The number of anilines is 21. The molecule has 57 heteroatoms.